The van der Waals surface area contributed by atoms with Gasteiger partial charge < -0.3 is 0 Å². The average molecular weight is 303 g/mol. The highest BCUT2D eigenvalue weighted by atomic mass is 79.9. The van der Waals surface area contributed by atoms with E-state index in [0.717, 1.165) is 5.33 Å². The topological polar surface area (TPSA) is 0 Å². The summed E-state index contributed by atoms with van der Waals surface area (Å²) in [5.74, 6) is 0. The molecule has 0 spiro atoms. The molecule has 1 aliphatic rings. The molecule has 0 aliphatic heterocycles. The first kappa shape index (κ1) is 12.2. The maximum atomic E-state index is 3.75. The van der Waals surface area contributed by atoms with Crippen molar-refractivity contribution < 1.29 is 0 Å². The third-order valence-corrected chi connectivity index (χ3v) is 5.58. The molecule has 1 saturated carbocycles. The minimum Gasteiger partial charge on any atom is -0.0922 e. The summed E-state index contributed by atoms with van der Waals surface area (Å²) >= 11 is 3.75. The predicted molar refractivity (Wildman–Crippen MR) is 82.3 cm³/mol. The van der Waals surface area contributed by atoms with Crippen LogP contribution in [0.3, 0.4) is 0 Å². The van der Waals surface area contributed by atoms with Crippen LogP contribution in [-0.2, 0) is 6.42 Å². The summed E-state index contributed by atoms with van der Waals surface area (Å²) in [4.78, 5) is 0. The van der Waals surface area contributed by atoms with E-state index < -0.39 is 0 Å². The molecule has 18 heavy (non-hydrogen) atoms. The number of hydrogen-bond donors (Lipinski definition) is 0. The van der Waals surface area contributed by atoms with Gasteiger partial charge in [0, 0.05) is 5.33 Å². The number of rotatable bonds is 3. The second-order valence-corrected chi connectivity index (χ2v) is 6.22. The van der Waals surface area contributed by atoms with Gasteiger partial charge in [-0.1, -0.05) is 71.2 Å². The van der Waals surface area contributed by atoms with E-state index >= 15 is 0 Å². The Morgan fingerprint density at radius 1 is 0.944 bits per heavy atom. The molecule has 0 N–H and O–H groups in total. The summed E-state index contributed by atoms with van der Waals surface area (Å²) < 4.78 is 0. The number of alkyl halides is 1. The largest absolute Gasteiger partial charge is 0.0922 e. The fourth-order valence-corrected chi connectivity index (χ4v) is 4.09. The highest BCUT2D eigenvalue weighted by Crippen LogP contribution is 2.43. The molecule has 1 heteroatoms. The van der Waals surface area contributed by atoms with Crippen LogP contribution in [0.1, 0.15) is 31.2 Å². The molecule has 1 fully saturated rings. The van der Waals surface area contributed by atoms with Crippen molar-refractivity contribution in [3.8, 4) is 0 Å². The van der Waals surface area contributed by atoms with Crippen LogP contribution in [0.25, 0.3) is 10.8 Å². The molecule has 0 aromatic heterocycles. The molecule has 0 nitrogen and oxygen atoms in total. The summed E-state index contributed by atoms with van der Waals surface area (Å²) in [6.45, 7) is 0. The predicted octanol–water partition coefficient (Wildman–Crippen LogP) is 5.34. The second kappa shape index (κ2) is 5.05. The van der Waals surface area contributed by atoms with Gasteiger partial charge in [-0.25, -0.2) is 0 Å². The molecule has 0 bridgehead atoms. The van der Waals surface area contributed by atoms with Crippen molar-refractivity contribution in [2.75, 3.05) is 5.33 Å². The van der Waals surface area contributed by atoms with E-state index in [1.807, 2.05) is 0 Å². The highest BCUT2D eigenvalue weighted by molar-refractivity contribution is 9.09. The molecule has 2 aromatic rings. The van der Waals surface area contributed by atoms with Crippen LogP contribution in [0.5, 0.6) is 0 Å². The lowest BCUT2D eigenvalue weighted by molar-refractivity contribution is 0.348. The molecule has 0 amide bonds. The molecular formula is C17H19Br. The maximum Gasteiger partial charge on any atom is 0.00911 e. The minimum atomic E-state index is 0.504. The van der Waals surface area contributed by atoms with Crippen LogP contribution in [-0.4, -0.2) is 5.33 Å². The zero-order valence-electron chi connectivity index (χ0n) is 10.7. The van der Waals surface area contributed by atoms with Gasteiger partial charge >= 0.3 is 0 Å². The molecule has 0 unspecified atom stereocenters. The normalized spacial score (nSPS) is 18.3. The van der Waals surface area contributed by atoms with E-state index in [9.17, 15) is 0 Å². The van der Waals surface area contributed by atoms with Crippen molar-refractivity contribution in [2.45, 2.75) is 32.1 Å². The van der Waals surface area contributed by atoms with Crippen LogP contribution >= 0.6 is 15.9 Å². The van der Waals surface area contributed by atoms with Gasteiger partial charge in [-0.2, -0.15) is 0 Å². The quantitative estimate of drug-likeness (QED) is 0.672. The smallest absolute Gasteiger partial charge is 0.00911 e. The van der Waals surface area contributed by atoms with Crippen molar-refractivity contribution in [3.05, 3.63) is 48.0 Å². The first-order chi connectivity index (χ1) is 8.83. The Kier molecular flexibility index (Phi) is 3.43. The third kappa shape index (κ3) is 2.21. The lowest BCUT2D eigenvalue weighted by Gasteiger charge is -2.27. The van der Waals surface area contributed by atoms with Crippen molar-refractivity contribution in [2.24, 2.45) is 5.41 Å². The Balaban J connectivity index is 1.99. The van der Waals surface area contributed by atoms with Gasteiger partial charge in [0.25, 0.3) is 0 Å². The molecule has 0 atom stereocenters. The van der Waals surface area contributed by atoms with Crippen LogP contribution in [0.4, 0.5) is 0 Å². The van der Waals surface area contributed by atoms with Crippen LogP contribution in [0.15, 0.2) is 42.5 Å². The van der Waals surface area contributed by atoms with Gasteiger partial charge in [0.05, 0.1) is 0 Å². The Morgan fingerprint density at radius 3 is 2.44 bits per heavy atom. The van der Waals surface area contributed by atoms with Gasteiger partial charge in [0.1, 0.15) is 0 Å². The zero-order chi connectivity index (χ0) is 12.4. The fourth-order valence-electron chi connectivity index (χ4n) is 3.33. The van der Waals surface area contributed by atoms with Crippen molar-refractivity contribution in [1.82, 2.24) is 0 Å². The van der Waals surface area contributed by atoms with E-state index in [-0.39, 0.29) is 0 Å². The first-order valence-electron chi connectivity index (χ1n) is 6.86. The molecular weight excluding hydrogens is 284 g/mol. The Bertz CT molecular complexity index is 533. The number of halogens is 1. The Labute approximate surface area is 118 Å². The monoisotopic (exact) mass is 302 g/mol. The SMILES string of the molecule is BrCC1(Cc2cccc3ccccc23)CCCC1. The van der Waals surface area contributed by atoms with E-state index in [2.05, 4.69) is 58.4 Å². The third-order valence-electron chi connectivity index (χ3n) is 4.39. The fraction of sp³-hybridized carbons (Fsp3) is 0.412. The van der Waals surface area contributed by atoms with E-state index in [1.54, 1.807) is 0 Å². The summed E-state index contributed by atoms with van der Waals surface area (Å²) in [7, 11) is 0. The van der Waals surface area contributed by atoms with Crippen LogP contribution in [0, 0.1) is 5.41 Å². The molecule has 0 radical (unpaired) electrons. The maximum absolute atomic E-state index is 3.75. The van der Waals surface area contributed by atoms with Gasteiger partial charge in [-0.05, 0) is 41.0 Å². The van der Waals surface area contributed by atoms with Crippen molar-refractivity contribution in [3.63, 3.8) is 0 Å². The van der Waals surface area contributed by atoms with Gasteiger partial charge in [0.2, 0.25) is 0 Å². The van der Waals surface area contributed by atoms with Crippen molar-refractivity contribution in [1.29, 1.82) is 0 Å². The first-order valence-corrected chi connectivity index (χ1v) is 7.98. The molecule has 0 saturated heterocycles. The lowest BCUT2D eigenvalue weighted by Crippen LogP contribution is -2.21. The number of benzene rings is 2. The standard InChI is InChI=1S/C17H19Br/c18-13-17(10-3-4-11-17)12-15-8-5-7-14-6-1-2-9-16(14)15/h1-2,5-9H,3-4,10-13H2. The molecule has 2 aromatic carbocycles. The number of hydrogen-bond acceptors (Lipinski definition) is 0. The summed E-state index contributed by atoms with van der Waals surface area (Å²) in [6.07, 6.45) is 6.77. The molecule has 0 heterocycles. The Hall–Kier alpha value is -0.820. The van der Waals surface area contributed by atoms with E-state index in [1.165, 1.54) is 48.4 Å². The Morgan fingerprint density at radius 2 is 1.67 bits per heavy atom. The molecule has 3 rings (SSSR count). The minimum absolute atomic E-state index is 0.504. The molecule has 94 valence electrons. The summed E-state index contributed by atoms with van der Waals surface area (Å²) in [5.41, 5.74) is 2.03. The van der Waals surface area contributed by atoms with Crippen LogP contribution < -0.4 is 0 Å². The van der Waals surface area contributed by atoms with Gasteiger partial charge in [0.15, 0.2) is 0 Å². The number of fused-ring (bicyclic) bond motifs is 1. The van der Waals surface area contributed by atoms with Gasteiger partial charge in [-0.3, -0.25) is 0 Å². The zero-order valence-corrected chi connectivity index (χ0v) is 12.2. The highest BCUT2D eigenvalue weighted by Gasteiger charge is 2.33. The van der Waals surface area contributed by atoms with Crippen LogP contribution in [0.2, 0.25) is 0 Å². The molecule has 1 aliphatic carbocycles. The van der Waals surface area contributed by atoms with Gasteiger partial charge in [-0.15, -0.1) is 0 Å². The summed E-state index contributed by atoms with van der Waals surface area (Å²) in [5, 5.41) is 3.95. The van der Waals surface area contributed by atoms with Crippen molar-refractivity contribution >= 4 is 26.7 Å². The average Bonchev–Trinajstić information content (AvgIpc) is 2.88. The lowest BCUT2D eigenvalue weighted by atomic mass is 9.81. The summed E-state index contributed by atoms with van der Waals surface area (Å²) in [6, 6.07) is 15.5. The van der Waals surface area contributed by atoms with E-state index in [4.69, 9.17) is 0 Å². The second-order valence-electron chi connectivity index (χ2n) is 5.66. The van der Waals surface area contributed by atoms with E-state index in [0.29, 0.717) is 5.41 Å².